The summed E-state index contributed by atoms with van der Waals surface area (Å²) < 4.78 is 44.9. The molecule has 0 aliphatic carbocycles. The van der Waals surface area contributed by atoms with Crippen molar-refractivity contribution in [3.05, 3.63) is 0 Å². The number of hydrogen-bond acceptors (Lipinski definition) is 7. The third kappa shape index (κ3) is 15.0. The smallest absolute Gasteiger partial charge is 0.456 e. The first-order valence-corrected chi connectivity index (χ1v) is 34.6. The van der Waals surface area contributed by atoms with Crippen LogP contribution in [0.1, 0.15) is 0 Å². The van der Waals surface area contributed by atoms with Crippen LogP contribution in [-0.2, 0) is 29.4 Å². The van der Waals surface area contributed by atoms with E-state index in [-0.39, 0.29) is 0 Å². The molecule has 0 aliphatic heterocycles. The average molecular weight is 621 g/mol. The standard InChI is InChI=1S/C19H56O7Si8/c1-20-33(22-27(3)4,23-28(5)6)18-16-31(12,13)26-32(14,15)17-19-34(21-2,24-29(7)8)25-30(9,10)11/h27-29H,16-19H2,1-15H3. The molecule has 7 nitrogen and oxygen atoms in total. The summed E-state index contributed by atoms with van der Waals surface area (Å²) in [5.74, 6) is 0. The van der Waals surface area contributed by atoms with Gasteiger partial charge in [0, 0.05) is 26.3 Å². The van der Waals surface area contributed by atoms with Crippen molar-refractivity contribution in [1.29, 1.82) is 0 Å². The van der Waals surface area contributed by atoms with E-state index in [1.165, 1.54) is 0 Å². The minimum absolute atomic E-state index is 0.837. The van der Waals surface area contributed by atoms with Crippen LogP contribution < -0.4 is 0 Å². The molecule has 1 atom stereocenters. The van der Waals surface area contributed by atoms with E-state index in [0.29, 0.717) is 0 Å². The lowest BCUT2D eigenvalue weighted by atomic mass is 10.9. The van der Waals surface area contributed by atoms with Crippen LogP contribution in [0.25, 0.3) is 0 Å². The van der Waals surface area contributed by atoms with Gasteiger partial charge >= 0.3 is 17.6 Å². The van der Waals surface area contributed by atoms with E-state index in [9.17, 15) is 0 Å². The minimum atomic E-state index is -2.69. The maximum absolute atomic E-state index is 6.98. The summed E-state index contributed by atoms with van der Waals surface area (Å²) in [7, 11) is -11.4. The van der Waals surface area contributed by atoms with Gasteiger partial charge in [0.25, 0.3) is 0 Å². The molecule has 0 saturated carbocycles. The second-order valence-electron chi connectivity index (χ2n) is 12.1. The van der Waals surface area contributed by atoms with Crippen LogP contribution in [0.4, 0.5) is 0 Å². The number of rotatable bonds is 18. The Hall–Kier alpha value is 1.46. The van der Waals surface area contributed by atoms with Crippen LogP contribution >= 0.6 is 0 Å². The second kappa shape index (κ2) is 14.6. The SMILES string of the molecule is CO[Si](CC[Si](C)(C)O[Si](C)(C)CC[Si](OC)(O[SiH](C)C)O[Si](C)(C)C)(O[SiH](C)C)O[SiH](C)C. The highest BCUT2D eigenvalue weighted by atomic mass is 28.5. The first kappa shape index (κ1) is 35.5. The molecule has 0 aromatic rings. The summed E-state index contributed by atoms with van der Waals surface area (Å²) in [6.07, 6.45) is 0. The summed E-state index contributed by atoms with van der Waals surface area (Å²) in [6.45, 7) is 29.1. The van der Waals surface area contributed by atoms with Crippen molar-refractivity contribution in [2.75, 3.05) is 14.2 Å². The van der Waals surface area contributed by atoms with Crippen LogP contribution in [0.5, 0.6) is 0 Å². The molecular weight excluding hydrogens is 565 g/mol. The first-order valence-electron chi connectivity index (χ1n) is 12.7. The fourth-order valence-corrected chi connectivity index (χ4v) is 35.5. The Balaban J connectivity index is 5.40. The van der Waals surface area contributed by atoms with Gasteiger partial charge in [-0.05, 0) is 97.2 Å². The van der Waals surface area contributed by atoms with E-state index in [4.69, 9.17) is 29.4 Å². The predicted octanol–water partition coefficient (Wildman–Crippen LogP) is 5.44. The van der Waals surface area contributed by atoms with E-state index in [1.807, 2.05) is 0 Å². The van der Waals surface area contributed by atoms with Crippen molar-refractivity contribution in [2.45, 2.75) is 109 Å². The molecule has 0 spiro atoms. The molecule has 0 N–H and O–H groups in total. The van der Waals surface area contributed by atoms with Gasteiger partial charge < -0.3 is 29.4 Å². The van der Waals surface area contributed by atoms with Gasteiger partial charge in [-0.1, -0.05) is 0 Å². The quantitative estimate of drug-likeness (QED) is 0.189. The maximum Gasteiger partial charge on any atom is 0.479 e. The largest absolute Gasteiger partial charge is 0.479 e. The van der Waals surface area contributed by atoms with Gasteiger partial charge in [-0.2, -0.15) is 0 Å². The van der Waals surface area contributed by atoms with Gasteiger partial charge in [-0.25, -0.2) is 0 Å². The highest BCUT2D eigenvalue weighted by Crippen LogP contribution is 2.32. The number of hydrogen-bond donors (Lipinski definition) is 0. The summed E-state index contributed by atoms with van der Waals surface area (Å²) in [5, 5.41) is 0. The monoisotopic (exact) mass is 620 g/mol. The zero-order chi connectivity index (χ0) is 27.0. The third-order valence-electron chi connectivity index (χ3n) is 4.95. The van der Waals surface area contributed by atoms with E-state index in [2.05, 4.69) is 85.1 Å². The highest BCUT2D eigenvalue weighted by Gasteiger charge is 2.48. The van der Waals surface area contributed by atoms with Gasteiger partial charge in [-0.3, -0.25) is 0 Å². The fraction of sp³-hybridized carbons (Fsp3) is 1.00. The molecule has 0 fully saturated rings. The van der Waals surface area contributed by atoms with Crippen LogP contribution in [0.15, 0.2) is 0 Å². The first-order chi connectivity index (χ1) is 15.2. The van der Waals surface area contributed by atoms with Crippen molar-refractivity contribution in [3.8, 4) is 0 Å². The average Bonchev–Trinajstić information content (AvgIpc) is 2.61. The van der Waals surface area contributed by atoms with Crippen molar-refractivity contribution < 1.29 is 29.4 Å². The lowest BCUT2D eigenvalue weighted by Crippen LogP contribution is -2.55. The second-order valence-corrected chi connectivity index (χ2v) is 39.7. The minimum Gasteiger partial charge on any atom is -0.456 e. The molecule has 34 heavy (non-hydrogen) atoms. The van der Waals surface area contributed by atoms with Gasteiger partial charge in [0.05, 0.1) is 0 Å². The molecule has 0 aliphatic rings. The Morgan fingerprint density at radius 1 is 0.471 bits per heavy atom. The van der Waals surface area contributed by atoms with E-state index in [1.54, 1.807) is 14.2 Å². The van der Waals surface area contributed by atoms with Crippen molar-refractivity contribution in [2.24, 2.45) is 0 Å². The zero-order valence-electron chi connectivity index (χ0n) is 24.9. The summed E-state index contributed by atoms with van der Waals surface area (Å²) in [5.41, 5.74) is 0. The van der Waals surface area contributed by atoms with Crippen LogP contribution in [-0.4, -0.2) is 83.9 Å². The Bertz CT molecular complexity index is 577. The van der Waals surface area contributed by atoms with Crippen molar-refractivity contribution in [1.82, 2.24) is 0 Å². The molecule has 0 saturated heterocycles. The van der Waals surface area contributed by atoms with E-state index >= 15 is 0 Å². The zero-order valence-corrected chi connectivity index (χ0v) is 33.4. The van der Waals surface area contributed by atoms with Gasteiger partial charge in [0.2, 0.25) is 0 Å². The van der Waals surface area contributed by atoms with E-state index < -0.39 is 69.7 Å². The molecule has 0 aromatic carbocycles. The van der Waals surface area contributed by atoms with Crippen LogP contribution in [0, 0.1) is 0 Å². The lowest BCUT2D eigenvalue weighted by Gasteiger charge is -2.40. The lowest BCUT2D eigenvalue weighted by molar-refractivity contribution is 0.204. The van der Waals surface area contributed by atoms with Gasteiger partial charge in [0.15, 0.2) is 52.1 Å². The van der Waals surface area contributed by atoms with Crippen LogP contribution in [0.2, 0.25) is 109 Å². The molecule has 206 valence electrons. The fourth-order valence-electron chi connectivity index (χ4n) is 3.97. The van der Waals surface area contributed by atoms with Gasteiger partial charge in [-0.15, -0.1) is 0 Å². The molecule has 0 radical (unpaired) electrons. The Morgan fingerprint density at radius 2 is 0.794 bits per heavy atom. The topological polar surface area (TPSA) is 64.6 Å². The Labute approximate surface area is 221 Å². The normalized spacial score (nSPS) is 16.1. The Morgan fingerprint density at radius 3 is 1.09 bits per heavy atom. The van der Waals surface area contributed by atoms with Crippen molar-refractivity contribution >= 4 is 69.7 Å². The molecule has 0 bridgehead atoms. The molecule has 15 heteroatoms. The molecule has 0 amide bonds. The molecule has 0 rings (SSSR count). The summed E-state index contributed by atoms with van der Waals surface area (Å²) in [6, 6.07) is 3.65. The van der Waals surface area contributed by atoms with Crippen LogP contribution in [0.3, 0.4) is 0 Å². The third-order valence-corrected chi connectivity index (χ3v) is 29.9. The molecule has 1 unspecified atom stereocenters. The van der Waals surface area contributed by atoms with Crippen molar-refractivity contribution in [3.63, 3.8) is 0 Å². The Kier molecular flexibility index (Phi) is 15.2. The maximum atomic E-state index is 6.98. The van der Waals surface area contributed by atoms with E-state index in [0.717, 1.165) is 24.2 Å². The molecule has 0 heterocycles. The highest BCUT2D eigenvalue weighted by molar-refractivity contribution is 6.87. The summed E-state index contributed by atoms with van der Waals surface area (Å²) >= 11 is 0. The van der Waals surface area contributed by atoms with Gasteiger partial charge in [0.1, 0.15) is 0 Å². The molecular formula is C19H56O7Si8. The molecule has 0 aromatic heterocycles. The summed E-state index contributed by atoms with van der Waals surface area (Å²) in [4.78, 5) is 0. The predicted molar refractivity (Wildman–Crippen MR) is 165 cm³/mol.